The number of nitrogens with two attached hydrogens (primary N) is 1. The molecule has 3 rings (SSSR count). The molecule has 22 heavy (non-hydrogen) atoms. The summed E-state index contributed by atoms with van der Waals surface area (Å²) in [7, 11) is 0. The average Bonchev–Trinajstić information content (AvgIpc) is 3.05. The molecule has 3 N–H and O–H groups in total. The van der Waals surface area contributed by atoms with Crippen molar-refractivity contribution in [3.8, 4) is 0 Å². The van der Waals surface area contributed by atoms with E-state index in [1.54, 1.807) is 0 Å². The second kappa shape index (κ2) is 5.16. The van der Waals surface area contributed by atoms with E-state index >= 15 is 0 Å². The van der Waals surface area contributed by atoms with Crippen LogP contribution in [0.3, 0.4) is 0 Å². The van der Waals surface area contributed by atoms with Crippen LogP contribution in [0.2, 0.25) is 0 Å². The molecule has 1 heterocycles. The van der Waals surface area contributed by atoms with Crippen molar-refractivity contribution in [2.24, 2.45) is 5.73 Å². The van der Waals surface area contributed by atoms with Gasteiger partial charge >= 0.3 is 0 Å². The van der Waals surface area contributed by atoms with Crippen LogP contribution in [-0.2, 0) is 4.79 Å². The Morgan fingerprint density at radius 3 is 2.55 bits per heavy atom. The Morgan fingerprint density at radius 1 is 1.23 bits per heavy atom. The van der Waals surface area contributed by atoms with Gasteiger partial charge in [-0.05, 0) is 38.3 Å². The molecule has 116 valence electrons. The lowest BCUT2D eigenvalue weighted by Gasteiger charge is -2.26. The quantitative estimate of drug-likeness (QED) is 0.913. The largest absolute Gasteiger partial charge is 0.451 e. The molecule has 0 unspecified atom stereocenters. The van der Waals surface area contributed by atoms with E-state index in [1.807, 2.05) is 32.0 Å². The first kappa shape index (κ1) is 14.6. The second-order valence-electron chi connectivity index (χ2n) is 6.16. The normalized spacial score (nSPS) is 16.8. The monoisotopic (exact) mass is 300 g/mol. The van der Waals surface area contributed by atoms with Crippen molar-refractivity contribution >= 4 is 22.8 Å². The van der Waals surface area contributed by atoms with Gasteiger partial charge in [0.1, 0.15) is 11.1 Å². The SMILES string of the molecule is Cc1ccc2c(C)c(C(=O)NC3(C(N)=O)CCCC3)oc2c1. The van der Waals surface area contributed by atoms with Gasteiger partial charge in [-0.25, -0.2) is 0 Å². The Bertz CT molecular complexity index is 755. The zero-order valence-electron chi connectivity index (χ0n) is 12.9. The molecule has 0 aliphatic heterocycles. The van der Waals surface area contributed by atoms with E-state index in [9.17, 15) is 9.59 Å². The minimum Gasteiger partial charge on any atom is -0.451 e. The molecule has 1 aliphatic rings. The molecule has 5 heteroatoms. The molecule has 5 nitrogen and oxygen atoms in total. The molecule has 2 amide bonds. The Kier molecular flexibility index (Phi) is 3.43. The molecule has 1 saturated carbocycles. The highest BCUT2D eigenvalue weighted by Gasteiger charge is 2.41. The van der Waals surface area contributed by atoms with Gasteiger partial charge in [-0.1, -0.05) is 25.0 Å². The molecular weight excluding hydrogens is 280 g/mol. The van der Waals surface area contributed by atoms with Gasteiger partial charge in [0.05, 0.1) is 0 Å². The lowest BCUT2D eigenvalue weighted by atomic mass is 9.96. The van der Waals surface area contributed by atoms with Crippen LogP contribution in [0.25, 0.3) is 11.0 Å². The topological polar surface area (TPSA) is 85.3 Å². The van der Waals surface area contributed by atoms with Crippen molar-refractivity contribution in [2.75, 3.05) is 0 Å². The fraction of sp³-hybridized carbons (Fsp3) is 0.412. The average molecular weight is 300 g/mol. The van der Waals surface area contributed by atoms with Gasteiger partial charge in [-0.2, -0.15) is 0 Å². The van der Waals surface area contributed by atoms with Gasteiger partial charge in [0.2, 0.25) is 5.91 Å². The third-order valence-electron chi connectivity index (χ3n) is 4.58. The summed E-state index contributed by atoms with van der Waals surface area (Å²) in [6, 6.07) is 5.83. The molecule has 1 aromatic heterocycles. The van der Waals surface area contributed by atoms with Crippen molar-refractivity contribution < 1.29 is 14.0 Å². The number of fused-ring (bicyclic) bond motifs is 1. The number of primary amides is 1. The number of amides is 2. The number of carbonyl (C=O) groups is 2. The predicted molar refractivity (Wildman–Crippen MR) is 83.5 cm³/mol. The van der Waals surface area contributed by atoms with Crippen LogP contribution in [0.5, 0.6) is 0 Å². The van der Waals surface area contributed by atoms with Crippen molar-refractivity contribution in [1.82, 2.24) is 5.32 Å². The minimum absolute atomic E-state index is 0.258. The lowest BCUT2D eigenvalue weighted by molar-refractivity contribution is -0.123. The lowest BCUT2D eigenvalue weighted by Crippen LogP contribution is -2.55. The molecule has 0 atom stereocenters. The maximum absolute atomic E-state index is 12.6. The Morgan fingerprint density at radius 2 is 1.91 bits per heavy atom. The highest BCUT2D eigenvalue weighted by atomic mass is 16.3. The van der Waals surface area contributed by atoms with E-state index in [0.717, 1.165) is 29.4 Å². The van der Waals surface area contributed by atoms with E-state index < -0.39 is 11.4 Å². The van der Waals surface area contributed by atoms with Crippen LogP contribution in [0, 0.1) is 13.8 Å². The van der Waals surface area contributed by atoms with Gasteiger partial charge in [0, 0.05) is 10.9 Å². The van der Waals surface area contributed by atoms with E-state index in [4.69, 9.17) is 10.2 Å². The van der Waals surface area contributed by atoms with Crippen molar-refractivity contribution in [1.29, 1.82) is 0 Å². The molecule has 1 aromatic carbocycles. The summed E-state index contributed by atoms with van der Waals surface area (Å²) in [6.45, 7) is 3.82. The summed E-state index contributed by atoms with van der Waals surface area (Å²) >= 11 is 0. The summed E-state index contributed by atoms with van der Waals surface area (Å²) < 4.78 is 5.71. The molecule has 0 spiro atoms. The summed E-state index contributed by atoms with van der Waals surface area (Å²) in [5, 5.41) is 3.73. The molecule has 0 saturated heterocycles. The van der Waals surface area contributed by atoms with Gasteiger partial charge in [0.25, 0.3) is 5.91 Å². The van der Waals surface area contributed by atoms with Crippen molar-refractivity contribution in [3.63, 3.8) is 0 Å². The number of rotatable bonds is 3. The van der Waals surface area contributed by atoms with Crippen LogP contribution in [-0.4, -0.2) is 17.4 Å². The zero-order valence-corrected chi connectivity index (χ0v) is 12.9. The highest BCUT2D eigenvalue weighted by molar-refractivity contribution is 6.02. The van der Waals surface area contributed by atoms with Crippen LogP contribution >= 0.6 is 0 Å². The first-order valence-electron chi connectivity index (χ1n) is 7.55. The van der Waals surface area contributed by atoms with Crippen LogP contribution in [0.1, 0.15) is 47.4 Å². The van der Waals surface area contributed by atoms with E-state index in [2.05, 4.69) is 5.32 Å². The standard InChI is InChI=1S/C17H20N2O3/c1-10-5-6-12-11(2)14(22-13(12)9-10)15(20)19-17(16(18)21)7-3-4-8-17/h5-6,9H,3-4,7-8H2,1-2H3,(H2,18,21)(H,19,20). The number of aryl methyl sites for hydroxylation is 2. The number of nitrogens with one attached hydrogen (secondary N) is 1. The Hall–Kier alpha value is -2.30. The Labute approximate surface area is 128 Å². The molecule has 1 aliphatic carbocycles. The molecule has 2 aromatic rings. The molecule has 0 radical (unpaired) electrons. The third-order valence-corrected chi connectivity index (χ3v) is 4.58. The maximum Gasteiger partial charge on any atom is 0.288 e. The zero-order chi connectivity index (χ0) is 15.9. The van der Waals surface area contributed by atoms with E-state index in [1.165, 1.54) is 0 Å². The highest BCUT2D eigenvalue weighted by Crippen LogP contribution is 2.31. The Balaban J connectivity index is 1.95. The molecule has 1 fully saturated rings. The second-order valence-corrected chi connectivity index (χ2v) is 6.16. The molecule has 0 bridgehead atoms. The van der Waals surface area contributed by atoms with Gasteiger partial charge in [-0.15, -0.1) is 0 Å². The fourth-order valence-electron chi connectivity index (χ4n) is 3.23. The number of hydrogen-bond acceptors (Lipinski definition) is 3. The summed E-state index contributed by atoms with van der Waals surface area (Å²) in [6.07, 6.45) is 2.96. The van der Waals surface area contributed by atoms with Gasteiger partial charge < -0.3 is 15.5 Å². The van der Waals surface area contributed by atoms with E-state index in [-0.39, 0.29) is 11.7 Å². The van der Waals surface area contributed by atoms with Gasteiger partial charge in [0.15, 0.2) is 5.76 Å². The van der Waals surface area contributed by atoms with Crippen molar-refractivity contribution in [3.05, 3.63) is 35.1 Å². The maximum atomic E-state index is 12.6. The first-order valence-corrected chi connectivity index (χ1v) is 7.55. The van der Waals surface area contributed by atoms with Crippen molar-refractivity contribution in [2.45, 2.75) is 45.1 Å². The third kappa shape index (κ3) is 2.26. The van der Waals surface area contributed by atoms with Gasteiger partial charge in [-0.3, -0.25) is 9.59 Å². The number of carbonyl (C=O) groups excluding carboxylic acids is 2. The first-order chi connectivity index (χ1) is 10.4. The predicted octanol–water partition coefficient (Wildman–Crippen LogP) is 2.58. The molecular formula is C17H20N2O3. The van der Waals surface area contributed by atoms with Crippen LogP contribution < -0.4 is 11.1 Å². The number of benzene rings is 1. The number of hydrogen-bond donors (Lipinski definition) is 2. The summed E-state index contributed by atoms with van der Waals surface area (Å²) in [5.74, 6) is -0.580. The minimum atomic E-state index is -0.932. The smallest absolute Gasteiger partial charge is 0.288 e. The van der Waals surface area contributed by atoms with E-state index in [0.29, 0.717) is 18.4 Å². The van der Waals surface area contributed by atoms with Crippen LogP contribution in [0.4, 0.5) is 0 Å². The number of furan rings is 1. The van der Waals surface area contributed by atoms with Crippen LogP contribution in [0.15, 0.2) is 22.6 Å². The summed E-state index contributed by atoms with van der Waals surface area (Å²) in [5.41, 5.74) is 7.11. The fourth-order valence-corrected chi connectivity index (χ4v) is 3.23. The summed E-state index contributed by atoms with van der Waals surface area (Å²) in [4.78, 5) is 24.3.